The van der Waals surface area contributed by atoms with Crippen molar-refractivity contribution < 1.29 is 23.8 Å². The number of carbonyl (C=O) groups excluding carboxylic acids is 2. The Morgan fingerprint density at radius 2 is 2.15 bits per heavy atom. The van der Waals surface area contributed by atoms with Crippen molar-refractivity contribution in [2.45, 2.75) is 64.3 Å². The number of fused-ring (bicyclic) bond motifs is 1. The smallest absolute Gasteiger partial charge is 0.312 e. The van der Waals surface area contributed by atoms with Crippen molar-refractivity contribution in [2.24, 2.45) is 11.8 Å². The molecule has 3 heterocycles. The molecule has 3 aliphatic heterocycles. The number of ether oxygens (including phenoxy) is 3. The summed E-state index contributed by atoms with van der Waals surface area (Å²) in [6, 6.07) is 0. The van der Waals surface area contributed by atoms with Gasteiger partial charge in [-0.15, -0.1) is 0 Å². The fraction of sp³-hybridized carbons (Fsp3) is 0.800. The van der Waals surface area contributed by atoms with Crippen LogP contribution in [0.25, 0.3) is 0 Å². The van der Waals surface area contributed by atoms with Crippen LogP contribution in [0.3, 0.4) is 0 Å². The minimum atomic E-state index is -0.645. The van der Waals surface area contributed by atoms with Crippen LogP contribution in [0.4, 0.5) is 0 Å². The Kier molecular flexibility index (Phi) is 6.03. The summed E-state index contributed by atoms with van der Waals surface area (Å²) >= 11 is 0. The first-order valence-corrected chi connectivity index (χ1v) is 9.92. The Morgan fingerprint density at radius 3 is 2.88 bits per heavy atom. The third kappa shape index (κ3) is 3.67. The summed E-state index contributed by atoms with van der Waals surface area (Å²) in [5, 5.41) is 0. The van der Waals surface area contributed by atoms with Crippen LogP contribution in [0.15, 0.2) is 12.2 Å². The second kappa shape index (κ2) is 8.09. The van der Waals surface area contributed by atoms with Gasteiger partial charge in [-0.05, 0) is 26.7 Å². The first kappa shape index (κ1) is 19.4. The number of carbonyl (C=O) groups is 2. The van der Waals surface area contributed by atoms with Crippen LogP contribution in [0, 0.1) is 11.8 Å². The molecule has 0 saturated carbocycles. The molecule has 0 N–H and O–H groups in total. The lowest BCUT2D eigenvalue weighted by Crippen LogP contribution is -2.40. The SMILES string of the molecule is CCCCCOC(=O)[C@@H]1[C@H]2C(=O)N(CCCOC(C)C)C[C@]23C=C[C@H]1O3. The predicted molar refractivity (Wildman–Crippen MR) is 96.5 cm³/mol. The van der Waals surface area contributed by atoms with E-state index in [1.165, 1.54) is 0 Å². The van der Waals surface area contributed by atoms with Crippen LogP contribution in [0.2, 0.25) is 0 Å². The van der Waals surface area contributed by atoms with Crippen molar-refractivity contribution in [2.75, 3.05) is 26.3 Å². The molecule has 3 rings (SSSR count). The third-order valence-corrected chi connectivity index (χ3v) is 5.47. The first-order valence-electron chi connectivity index (χ1n) is 9.92. The van der Waals surface area contributed by atoms with Crippen molar-refractivity contribution in [1.82, 2.24) is 4.90 Å². The maximum Gasteiger partial charge on any atom is 0.312 e. The topological polar surface area (TPSA) is 65.1 Å². The Hall–Kier alpha value is -1.40. The van der Waals surface area contributed by atoms with Crippen molar-refractivity contribution in [1.29, 1.82) is 0 Å². The lowest BCUT2D eigenvalue weighted by molar-refractivity contribution is -0.154. The zero-order valence-electron chi connectivity index (χ0n) is 16.1. The van der Waals surface area contributed by atoms with Crippen molar-refractivity contribution in [3.05, 3.63) is 12.2 Å². The molecule has 1 spiro atoms. The van der Waals surface area contributed by atoms with Gasteiger partial charge in [0.05, 0.1) is 31.3 Å². The lowest BCUT2D eigenvalue weighted by atomic mass is 9.77. The van der Waals surface area contributed by atoms with Crippen LogP contribution < -0.4 is 0 Å². The van der Waals surface area contributed by atoms with Crippen LogP contribution in [-0.4, -0.2) is 60.9 Å². The maximum atomic E-state index is 13.0. The fourth-order valence-electron chi connectivity index (χ4n) is 4.23. The molecule has 0 aromatic heterocycles. The van der Waals surface area contributed by atoms with E-state index in [2.05, 4.69) is 6.92 Å². The molecule has 2 saturated heterocycles. The number of likely N-dealkylation sites (tertiary alicyclic amines) is 1. The summed E-state index contributed by atoms with van der Waals surface area (Å²) in [5.74, 6) is -1.23. The highest BCUT2D eigenvalue weighted by molar-refractivity contribution is 5.91. The Morgan fingerprint density at radius 1 is 1.35 bits per heavy atom. The highest BCUT2D eigenvalue weighted by Gasteiger charge is 2.67. The van der Waals surface area contributed by atoms with Gasteiger partial charge in [0.25, 0.3) is 0 Å². The van der Waals surface area contributed by atoms with E-state index in [0.717, 1.165) is 25.7 Å². The van der Waals surface area contributed by atoms with Gasteiger partial charge in [0, 0.05) is 13.2 Å². The summed E-state index contributed by atoms with van der Waals surface area (Å²) in [6.07, 6.45) is 7.53. The van der Waals surface area contributed by atoms with E-state index in [4.69, 9.17) is 14.2 Å². The van der Waals surface area contributed by atoms with Crippen molar-refractivity contribution in [3.8, 4) is 0 Å². The van der Waals surface area contributed by atoms with Crippen LogP contribution in [-0.2, 0) is 23.8 Å². The molecule has 0 aliphatic carbocycles. The van der Waals surface area contributed by atoms with Gasteiger partial charge in [-0.2, -0.15) is 0 Å². The van der Waals surface area contributed by atoms with Crippen molar-refractivity contribution in [3.63, 3.8) is 0 Å². The van der Waals surface area contributed by atoms with E-state index < -0.39 is 17.4 Å². The van der Waals surface area contributed by atoms with Crippen LogP contribution in [0.1, 0.15) is 46.5 Å². The largest absolute Gasteiger partial charge is 0.465 e. The molecule has 0 aromatic rings. The summed E-state index contributed by atoms with van der Waals surface area (Å²) in [5.41, 5.74) is -0.645. The van der Waals surface area contributed by atoms with Gasteiger partial charge in [-0.3, -0.25) is 9.59 Å². The second-order valence-electron chi connectivity index (χ2n) is 7.81. The monoisotopic (exact) mass is 365 g/mol. The van der Waals surface area contributed by atoms with Crippen LogP contribution in [0.5, 0.6) is 0 Å². The molecule has 6 nitrogen and oxygen atoms in total. The first-order chi connectivity index (χ1) is 12.5. The highest BCUT2D eigenvalue weighted by atomic mass is 16.6. The second-order valence-corrected chi connectivity index (χ2v) is 7.81. The number of esters is 1. The zero-order valence-corrected chi connectivity index (χ0v) is 16.1. The highest BCUT2D eigenvalue weighted by Crippen LogP contribution is 2.52. The number of unbranched alkanes of at least 4 members (excludes halogenated alkanes) is 2. The molecule has 26 heavy (non-hydrogen) atoms. The molecular formula is C20H31NO5. The number of hydrogen-bond donors (Lipinski definition) is 0. The van der Waals surface area contributed by atoms with Gasteiger partial charge < -0.3 is 19.1 Å². The van der Waals surface area contributed by atoms with E-state index >= 15 is 0 Å². The molecule has 2 fully saturated rings. The number of amides is 1. The molecule has 2 bridgehead atoms. The fourth-order valence-corrected chi connectivity index (χ4v) is 4.23. The van der Waals surface area contributed by atoms with E-state index in [1.807, 2.05) is 30.9 Å². The Balaban J connectivity index is 1.59. The number of nitrogens with zero attached hydrogens (tertiary/aromatic N) is 1. The average Bonchev–Trinajstić information content (AvgIpc) is 3.24. The normalized spacial score (nSPS) is 31.9. The molecule has 3 aliphatic rings. The maximum absolute atomic E-state index is 13.0. The molecule has 1 amide bonds. The quantitative estimate of drug-likeness (QED) is 0.338. The minimum absolute atomic E-state index is 0.0110. The van der Waals surface area contributed by atoms with Gasteiger partial charge >= 0.3 is 5.97 Å². The van der Waals surface area contributed by atoms with Gasteiger partial charge in [-0.1, -0.05) is 31.9 Å². The number of hydrogen-bond acceptors (Lipinski definition) is 5. The summed E-state index contributed by atoms with van der Waals surface area (Å²) in [4.78, 5) is 27.4. The van der Waals surface area contributed by atoms with Gasteiger partial charge in [-0.25, -0.2) is 0 Å². The van der Waals surface area contributed by atoms with E-state index in [-0.39, 0.29) is 24.1 Å². The average molecular weight is 365 g/mol. The molecule has 0 radical (unpaired) electrons. The van der Waals surface area contributed by atoms with Gasteiger partial charge in [0.2, 0.25) is 5.91 Å². The molecule has 4 atom stereocenters. The lowest BCUT2D eigenvalue weighted by Gasteiger charge is -2.22. The van der Waals surface area contributed by atoms with Crippen molar-refractivity contribution >= 4 is 11.9 Å². The van der Waals surface area contributed by atoms with Gasteiger partial charge in [0.15, 0.2) is 0 Å². The minimum Gasteiger partial charge on any atom is -0.465 e. The molecular weight excluding hydrogens is 334 g/mol. The molecule has 146 valence electrons. The van der Waals surface area contributed by atoms with Gasteiger partial charge in [0.1, 0.15) is 11.5 Å². The molecule has 6 heteroatoms. The van der Waals surface area contributed by atoms with E-state index in [0.29, 0.717) is 26.3 Å². The Labute approximate surface area is 155 Å². The zero-order chi connectivity index (χ0) is 18.7. The van der Waals surface area contributed by atoms with E-state index in [9.17, 15) is 9.59 Å². The standard InChI is InChI=1S/C20H31NO5/c1-4-5-6-11-25-19(23)16-15-8-9-20(26-15)13-21(18(22)17(16)20)10-7-12-24-14(2)3/h8-9,14-17H,4-7,10-13H2,1-3H3/t15-,16+,17+,20-/m1/s1. The summed E-state index contributed by atoms with van der Waals surface area (Å²) in [7, 11) is 0. The molecule has 0 unspecified atom stereocenters. The molecule has 0 aromatic carbocycles. The summed E-state index contributed by atoms with van der Waals surface area (Å²) < 4.78 is 17.1. The van der Waals surface area contributed by atoms with E-state index in [1.54, 1.807) is 0 Å². The third-order valence-electron chi connectivity index (χ3n) is 5.47. The number of rotatable bonds is 10. The Bertz CT molecular complexity index is 560. The summed E-state index contributed by atoms with van der Waals surface area (Å²) in [6.45, 7) is 8.30. The predicted octanol–water partition coefficient (Wildman–Crippen LogP) is 2.32. The van der Waals surface area contributed by atoms with Crippen LogP contribution >= 0.6 is 0 Å².